The van der Waals surface area contributed by atoms with Gasteiger partial charge in [-0.25, -0.2) is 9.59 Å². The smallest absolute Gasteiger partial charge is 0.412 e. The minimum atomic E-state index is -1.10. The first-order valence-corrected chi connectivity index (χ1v) is 9.67. The van der Waals surface area contributed by atoms with Crippen LogP contribution in [0.5, 0.6) is 5.75 Å². The molecule has 0 fully saturated rings. The topological polar surface area (TPSA) is 105 Å². The van der Waals surface area contributed by atoms with E-state index < -0.39 is 24.1 Å². The molecule has 0 aliphatic carbocycles. The van der Waals surface area contributed by atoms with E-state index >= 15 is 0 Å². The zero-order chi connectivity index (χ0) is 21.2. The van der Waals surface area contributed by atoms with Gasteiger partial charge in [-0.15, -0.1) is 0 Å². The molecule has 1 amide bonds. The van der Waals surface area contributed by atoms with Crippen molar-refractivity contribution in [1.82, 2.24) is 0 Å². The number of amides is 1. The maximum atomic E-state index is 12.5. The van der Waals surface area contributed by atoms with Crippen molar-refractivity contribution in [2.75, 3.05) is 18.5 Å². The third-order valence-electron chi connectivity index (χ3n) is 3.92. The molecule has 0 heterocycles. The summed E-state index contributed by atoms with van der Waals surface area (Å²) < 4.78 is 12.1. The zero-order valence-electron chi connectivity index (χ0n) is 15.7. The highest BCUT2D eigenvalue weighted by Gasteiger charge is 2.25. The molecule has 0 aliphatic heterocycles. The van der Waals surface area contributed by atoms with Gasteiger partial charge in [0.25, 0.3) is 0 Å². The van der Waals surface area contributed by atoms with E-state index in [1.54, 1.807) is 55.5 Å². The first-order valence-electron chi connectivity index (χ1n) is 8.87. The quantitative estimate of drug-likeness (QED) is 0.476. The molecular weight excluding hydrogens is 442 g/mol. The van der Waals surface area contributed by atoms with Crippen LogP contribution in [-0.4, -0.2) is 35.5 Å². The summed E-state index contributed by atoms with van der Waals surface area (Å²) in [6.45, 7) is 1.65. The van der Waals surface area contributed by atoms with E-state index in [9.17, 15) is 9.59 Å². The molecule has 0 saturated carbocycles. The summed E-state index contributed by atoms with van der Waals surface area (Å²) in [5.74, 6) is -1.11. The summed E-state index contributed by atoms with van der Waals surface area (Å²) in [6, 6.07) is 13.9. The van der Waals surface area contributed by atoms with Gasteiger partial charge < -0.3 is 19.7 Å². The number of carboxylic acid groups (broad SMARTS) is 1. The second-order valence-corrected chi connectivity index (χ2v) is 7.04. The van der Waals surface area contributed by atoms with Gasteiger partial charge in [0.15, 0.2) is 0 Å². The summed E-state index contributed by atoms with van der Waals surface area (Å²) in [5.41, 5.74) is 1.12. The number of carboxylic acids is 1. The minimum Gasteiger partial charge on any atom is -0.491 e. The van der Waals surface area contributed by atoms with Crippen LogP contribution in [-0.2, 0) is 9.53 Å². The molecule has 0 aliphatic rings. The molecule has 8 heteroatoms. The van der Waals surface area contributed by atoms with Crippen molar-refractivity contribution < 1.29 is 29.3 Å². The minimum absolute atomic E-state index is 0.0775. The van der Waals surface area contributed by atoms with Crippen molar-refractivity contribution in [2.24, 2.45) is 5.92 Å². The monoisotopic (exact) mass is 463 g/mol. The maximum Gasteiger partial charge on any atom is 0.412 e. The van der Waals surface area contributed by atoms with Gasteiger partial charge in [-0.2, -0.15) is 0 Å². The molecular formula is C21H22BrNO6. The number of aliphatic carboxylic acids is 1. The largest absolute Gasteiger partial charge is 0.491 e. The van der Waals surface area contributed by atoms with Gasteiger partial charge in [0, 0.05) is 27.7 Å². The standard InChI is InChI=1S/C21H22BrNO6/c1-14(6-11-19(25)26)20(17-4-2-3-5-18(17)28-13-12-24)29-21(27)23-16-9-7-15(22)8-10-16/h2-11,14,20,24H,12-13H2,1H3,(H,23,27)(H,25,26)/b11-6+/t14-,20+/m0/s1. The number of aliphatic hydroxyl groups excluding tert-OH is 1. The van der Waals surface area contributed by atoms with E-state index in [1.165, 1.54) is 6.08 Å². The number of anilines is 1. The van der Waals surface area contributed by atoms with Gasteiger partial charge in [0.05, 0.1) is 6.61 Å². The first kappa shape index (κ1) is 22.4. The van der Waals surface area contributed by atoms with Gasteiger partial charge in [0.1, 0.15) is 18.5 Å². The molecule has 0 unspecified atom stereocenters. The van der Waals surface area contributed by atoms with Crippen LogP contribution in [0, 0.1) is 5.92 Å². The average Bonchev–Trinajstić information content (AvgIpc) is 2.70. The van der Waals surface area contributed by atoms with Crippen molar-refractivity contribution in [3.63, 3.8) is 0 Å². The molecule has 29 heavy (non-hydrogen) atoms. The van der Waals surface area contributed by atoms with E-state index in [-0.39, 0.29) is 13.2 Å². The fourth-order valence-corrected chi connectivity index (χ4v) is 2.85. The Balaban J connectivity index is 2.26. The molecule has 0 spiro atoms. The highest BCUT2D eigenvalue weighted by atomic mass is 79.9. The number of hydrogen-bond acceptors (Lipinski definition) is 5. The van der Waals surface area contributed by atoms with E-state index in [1.807, 2.05) is 0 Å². The number of para-hydroxylation sites is 1. The Kier molecular flexibility index (Phi) is 8.69. The van der Waals surface area contributed by atoms with Gasteiger partial charge in [-0.1, -0.05) is 47.1 Å². The normalized spacial score (nSPS) is 12.9. The second-order valence-electron chi connectivity index (χ2n) is 6.12. The molecule has 154 valence electrons. The summed E-state index contributed by atoms with van der Waals surface area (Å²) in [7, 11) is 0. The molecule has 0 aromatic heterocycles. The highest BCUT2D eigenvalue weighted by Crippen LogP contribution is 2.34. The van der Waals surface area contributed by atoms with E-state index in [4.69, 9.17) is 19.7 Å². The Bertz CT molecular complexity index is 853. The Morgan fingerprint density at radius 1 is 1.17 bits per heavy atom. The van der Waals surface area contributed by atoms with Crippen LogP contribution < -0.4 is 10.1 Å². The molecule has 2 atom stereocenters. The Morgan fingerprint density at radius 2 is 1.86 bits per heavy atom. The molecule has 0 bridgehead atoms. The zero-order valence-corrected chi connectivity index (χ0v) is 17.3. The van der Waals surface area contributed by atoms with Gasteiger partial charge in [-0.05, 0) is 30.3 Å². The number of ether oxygens (including phenoxy) is 2. The summed E-state index contributed by atoms with van der Waals surface area (Å²) in [6.07, 6.45) is 0.953. The third kappa shape index (κ3) is 7.24. The fraction of sp³-hybridized carbons (Fsp3) is 0.238. The van der Waals surface area contributed by atoms with Gasteiger partial charge in [-0.3, -0.25) is 5.32 Å². The summed E-state index contributed by atoms with van der Waals surface area (Å²) >= 11 is 3.33. The average molecular weight is 464 g/mol. The SMILES string of the molecule is C[C@@H](/C=C/C(=O)O)[C@@H](OC(=O)Nc1ccc(Br)cc1)c1ccccc1OCCO. The predicted octanol–water partition coefficient (Wildman–Crippen LogP) is 4.39. The lowest BCUT2D eigenvalue weighted by molar-refractivity contribution is -0.131. The number of nitrogens with one attached hydrogen (secondary N) is 1. The lowest BCUT2D eigenvalue weighted by atomic mass is 9.96. The van der Waals surface area contributed by atoms with Crippen LogP contribution in [0.3, 0.4) is 0 Å². The Labute approximate surface area is 177 Å². The summed E-state index contributed by atoms with van der Waals surface area (Å²) in [5, 5.41) is 20.6. The van der Waals surface area contributed by atoms with Crippen LogP contribution in [0.2, 0.25) is 0 Å². The van der Waals surface area contributed by atoms with Crippen LogP contribution in [0.15, 0.2) is 65.2 Å². The molecule has 0 radical (unpaired) electrons. The van der Waals surface area contributed by atoms with Crippen LogP contribution >= 0.6 is 15.9 Å². The lowest BCUT2D eigenvalue weighted by Crippen LogP contribution is -2.22. The number of carbonyl (C=O) groups is 2. The number of carbonyl (C=O) groups excluding carboxylic acids is 1. The number of aliphatic hydroxyl groups is 1. The number of halogens is 1. The van der Waals surface area contributed by atoms with Gasteiger partial charge in [0.2, 0.25) is 0 Å². The number of rotatable bonds is 9. The van der Waals surface area contributed by atoms with Crippen LogP contribution in [0.25, 0.3) is 0 Å². The molecule has 2 aromatic rings. The maximum absolute atomic E-state index is 12.5. The molecule has 7 nitrogen and oxygen atoms in total. The van der Waals surface area contributed by atoms with Crippen molar-refractivity contribution in [1.29, 1.82) is 0 Å². The highest BCUT2D eigenvalue weighted by molar-refractivity contribution is 9.10. The first-order chi connectivity index (χ1) is 13.9. The Morgan fingerprint density at radius 3 is 2.52 bits per heavy atom. The number of benzene rings is 2. The van der Waals surface area contributed by atoms with Crippen LogP contribution in [0.4, 0.5) is 10.5 Å². The second kappa shape index (κ2) is 11.2. The fourth-order valence-electron chi connectivity index (χ4n) is 2.59. The lowest BCUT2D eigenvalue weighted by Gasteiger charge is -2.24. The van der Waals surface area contributed by atoms with Crippen molar-refractivity contribution in [3.05, 3.63) is 70.7 Å². The molecule has 2 aromatic carbocycles. The van der Waals surface area contributed by atoms with E-state index in [2.05, 4.69) is 21.2 Å². The predicted molar refractivity (Wildman–Crippen MR) is 112 cm³/mol. The molecule has 3 N–H and O–H groups in total. The van der Waals surface area contributed by atoms with Crippen molar-refractivity contribution >= 4 is 33.7 Å². The van der Waals surface area contributed by atoms with E-state index in [0.29, 0.717) is 17.0 Å². The number of hydrogen-bond donors (Lipinski definition) is 3. The Hall–Kier alpha value is -2.84. The van der Waals surface area contributed by atoms with E-state index in [0.717, 1.165) is 10.5 Å². The van der Waals surface area contributed by atoms with Crippen LogP contribution in [0.1, 0.15) is 18.6 Å². The molecule has 0 saturated heterocycles. The van der Waals surface area contributed by atoms with Crippen molar-refractivity contribution in [3.8, 4) is 5.75 Å². The third-order valence-corrected chi connectivity index (χ3v) is 4.45. The van der Waals surface area contributed by atoms with Crippen molar-refractivity contribution in [2.45, 2.75) is 13.0 Å². The molecule has 2 rings (SSSR count). The van der Waals surface area contributed by atoms with Gasteiger partial charge >= 0.3 is 12.1 Å². The summed E-state index contributed by atoms with van der Waals surface area (Å²) in [4.78, 5) is 23.4.